The van der Waals surface area contributed by atoms with Crippen LogP contribution < -0.4 is 10.2 Å². The molecule has 1 saturated heterocycles. The number of rotatable bonds is 1. The first-order chi connectivity index (χ1) is 8.41. The number of nitrogens with zero attached hydrogens (tertiary/aromatic N) is 1. The molecule has 0 unspecified atom stereocenters. The summed E-state index contributed by atoms with van der Waals surface area (Å²) in [7, 11) is 0. The number of urea groups is 1. The molecule has 0 aliphatic carbocycles. The van der Waals surface area contributed by atoms with Gasteiger partial charge in [-0.3, -0.25) is 14.9 Å². The van der Waals surface area contributed by atoms with E-state index in [-0.39, 0.29) is 15.7 Å². The maximum absolute atomic E-state index is 11.8. The van der Waals surface area contributed by atoms with Gasteiger partial charge in [-0.2, -0.15) is 0 Å². The number of imide groups is 2. The topological polar surface area (TPSA) is 66.5 Å². The maximum Gasteiger partial charge on any atom is 0.335 e. The van der Waals surface area contributed by atoms with Crippen LogP contribution in [0, 0.1) is 6.92 Å². The molecule has 0 aromatic heterocycles. The van der Waals surface area contributed by atoms with Crippen molar-refractivity contribution in [1.82, 2.24) is 5.32 Å². The Kier molecular flexibility index (Phi) is 3.28. The van der Waals surface area contributed by atoms with Crippen molar-refractivity contribution in [1.29, 1.82) is 0 Å². The molecule has 1 N–H and O–H groups in total. The molecule has 1 aromatic carbocycles. The highest BCUT2D eigenvalue weighted by Crippen LogP contribution is 2.37. The Morgan fingerprint density at radius 2 is 1.89 bits per heavy atom. The van der Waals surface area contributed by atoms with Gasteiger partial charge in [0, 0.05) is 0 Å². The molecule has 7 heteroatoms. The van der Waals surface area contributed by atoms with E-state index in [0.717, 1.165) is 4.90 Å². The number of benzene rings is 1. The van der Waals surface area contributed by atoms with E-state index in [1.807, 2.05) is 5.32 Å². The third kappa shape index (κ3) is 2.07. The molecule has 94 valence electrons. The molecule has 1 aliphatic rings. The number of halogens is 2. The van der Waals surface area contributed by atoms with Crippen LogP contribution in [0.1, 0.15) is 12.0 Å². The predicted octanol–water partition coefficient (Wildman–Crippen LogP) is 2.27. The predicted molar refractivity (Wildman–Crippen MR) is 66.8 cm³/mol. The number of nitrogens with one attached hydrogen (secondary N) is 1. The molecule has 2 rings (SSSR count). The highest BCUT2D eigenvalue weighted by atomic mass is 35.5. The Balaban J connectivity index is 2.55. The number of carbonyl (C=O) groups excluding carboxylic acids is 3. The van der Waals surface area contributed by atoms with Crippen LogP contribution in [0.2, 0.25) is 10.0 Å². The third-order valence-corrected chi connectivity index (χ3v) is 3.28. The van der Waals surface area contributed by atoms with Gasteiger partial charge in [0.05, 0.1) is 15.7 Å². The summed E-state index contributed by atoms with van der Waals surface area (Å²) in [5, 5.41) is 2.42. The smallest absolute Gasteiger partial charge is 0.277 e. The number of anilines is 1. The van der Waals surface area contributed by atoms with Crippen LogP contribution in [-0.4, -0.2) is 17.8 Å². The average Bonchev–Trinajstić information content (AvgIpc) is 2.27. The average molecular weight is 287 g/mol. The number of carbonyl (C=O) groups is 3. The molecule has 1 fully saturated rings. The molecule has 1 aromatic rings. The summed E-state index contributed by atoms with van der Waals surface area (Å²) >= 11 is 12.0. The maximum atomic E-state index is 11.8. The van der Waals surface area contributed by atoms with E-state index in [1.165, 1.54) is 6.07 Å². The quantitative estimate of drug-likeness (QED) is 0.806. The van der Waals surface area contributed by atoms with Crippen molar-refractivity contribution in [3.05, 3.63) is 27.7 Å². The number of aryl methyl sites for hydroxylation is 1. The van der Waals surface area contributed by atoms with Gasteiger partial charge in [-0.15, -0.1) is 0 Å². The zero-order valence-electron chi connectivity index (χ0n) is 9.29. The van der Waals surface area contributed by atoms with Gasteiger partial charge in [0.15, 0.2) is 0 Å². The van der Waals surface area contributed by atoms with E-state index < -0.39 is 24.3 Å². The van der Waals surface area contributed by atoms with Gasteiger partial charge in [-0.25, -0.2) is 9.69 Å². The first-order valence-electron chi connectivity index (χ1n) is 5.03. The molecule has 0 radical (unpaired) electrons. The summed E-state index contributed by atoms with van der Waals surface area (Å²) in [6.07, 6.45) is -0.410. The van der Waals surface area contributed by atoms with Crippen molar-refractivity contribution in [2.45, 2.75) is 13.3 Å². The fourth-order valence-corrected chi connectivity index (χ4v) is 2.16. The van der Waals surface area contributed by atoms with Crippen LogP contribution >= 0.6 is 23.2 Å². The summed E-state index contributed by atoms with van der Waals surface area (Å²) in [6.45, 7) is 1.72. The molecule has 0 bridgehead atoms. The zero-order chi connectivity index (χ0) is 13.4. The van der Waals surface area contributed by atoms with E-state index in [4.69, 9.17) is 23.2 Å². The second-order valence-electron chi connectivity index (χ2n) is 3.79. The summed E-state index contributed by atoms with van der Waals surface area (Å²) in [5.41, 5.74) is 0.780. The lowest BCUT2D eigenvalue weighted by atomic mass is 10.2. The molecule has 5 nitrogen and oxygen atoms in total. The van der Waals surface area contributed by atoms with Crippen molar-refractivity contribution >= 4 is 46.7 Å². The van der Waals surface area contributed by atoms with E-state index in [1.54, 1.807) is 13.0 Å². The lowest BCUT2D eigenvalue weighted by Crippen LogP contribution is -2.53. The lowest BCUT2D eigenvalue weighted by Gasteiger charge is -2.26. The van der Waals surface area contributed by atoms with Gasteiger partial charge in [0.25, 0.3) is 0 Å². The molecule has 18 heavy (non-hydrogen) atoms. The molecule has 0 spiro atoms. The zero-order valence-corrected chi connectivity index (χ0v) is 10.8. The molecule has 0 atom stereocenters. The molecular weight excluding hydrogens is 279 g/mol. The highest BCUT2D eigenvalue weighted by Gasteiger charge is 2.34. The highest BCUT2D eigenvalue weighted by molar-refractivity contribution is 6.42. The van der Waals surface area contributed by atoms with Gasteiger partial charge in [-0.1, -0.05) is 29.3 Å². The minimum Gasteiger partial charge on any atom is -0.277 e. The molecule has 1 heterocycles. The van der Waals surface area contributed by atoms with Crippen LogP contribution in [0.25, 0.3) is 0 Å². The van der Waals surface area contributed by atoms with Crippen molar-refractivity contribution < 1.29 is 14.4 Å². The van der Waals surface area contributed by atoms with Crippen LogP contribution in [0.5, 0.6) is 0 Å². The Morgan fingerprint density at radius 3 is 2.50 bits per heavy atom. The van der Waals surface area contributed by atoms with Gasteiger partial charge < -0.3 is 0 Å². The Hall–Kier alpha value is -1.59. The summed E-state index contributed by atoms with van der Waals surface area (Å²) < 4.78 is 0. The Labute approximate surface area is 113 Å². The Morgan fingerprint density at radius 1 is 1.22 bits per heavy atom. The minimum atomic E-state index is -0.842. The van der Waals surface area contributed by atoms with E-state index in [0.29, 0.717) is 5.56 Å². The third-order valence-electron chi connectivity index (χ3n) is 2.49. The summed E-state index contributed by atoms with van der Waals surface area (Å²) in [5.74, 6) is -1.29. The second kappa shape index (κ2) is 4.59. The van der Waals surface area contributed by atoms with Gasteiger partial charge in [0.2, 0.25) is 11.8 Å². The summed E-state index contributed by atoms with van der Waals surface area (Å²) in [4.78, 5) is 35.3. The van der Waals surface area contributed by atoms with Gasteiger partial charge in [-0.05, 0) is 18.6 Å². The van der Waals surface area contributed by atoms with Crippen LogP contribution in [0.15, 0.2) is 12.1 Å². The van der Waals surface area contributed by atoms with E-state index in [9.17, 15) is 14.4 Å². The molecular formula is C11H8Cl2N2O3. The van der Waals surface area contributed by atoms with Crippen molar-refractivity contribution in [3.63, 3.8) is 0 Å². The fraction of sp³-hybridized carbons (Fsp3) is 0.182. The molecule has 1 aliphatic heterocycles. The van der Waals surface area contributed by atoms with E-state index in [2.05, 4.69) is 0 Å². The lowest BCUT2D eigenvalue weighted by molar-refractivity contribution is -0.128. The number of hydrogen-bond acceptors (Lipinski definition) is 3. The normalized spacial score (nSPS) is 15.9. The van der Waals surface area contributed by atoms with E-state index >= 15 is 0 Å². The number of barbiturate groups is 1. The largest absolute Gasteiger partial charge is 0.335 e. The Bertz CT molecular complexity index is 552. The van der Waals surface area contributed by atoms with Crippen molar-refractivity contribution in [2.75, 3.05) is 4.90 Å². The monoisotopic (exact) mass is 286 g/mol. The van der Waals surface area contributed by atoms with Crippen LogP contribution in [0.3, 0.4) is 0 Å². The van der Waals surface area contributed by atoms with Gasteiger partial charge >= 0.3 is 6.03 Å². The number of amides is 4. The minimum absolute atomic E-state index is 0.105. The van der Waals surface area contributed by atoms with Crippen molar-refractivity contribution in [2.24, 2.45) is 0 Å². The van der Waals surface area contributed by atoms with Crippen molar-refractivity contribution in [3.8, 4) is 0 Å². The van der Waals surface area contributed by atoms with Crippen LogP contribution in [-0.2, 0) is 9.59 Å². The molecule has 4 amide bonds. The number of hydrogen-bond donors (Lipinski definition) is 1. The molecule has 0 saturated carbocycles. The SMILES string of the molecule is Cc1ccc(Cl)c(N2C(=O)CC(=O)NC2=O)c1Cl. The standard InChI is InChI=1S/C11H8Cl2N2O3/c1-5-2-3-6(12)10(9(5)13)15-8(17)4-7(16)14-11(15)18/h2-3H,4H2,1H3,(H,14,16,18). The second-order valence-corrected chi connectivity index (χ2v) is 4.57. The van der Waals surface area contributed by atoms with Crippen LogP contribution in [0.4, 0.5) is 10.5 Å². The van der Waals surface area contributed by atoms with Gasteiger partial charge in [0.1, 0.15) is 6.42 Å². The first kappa shape index (κ1) is 12.9. The fourth-order valence-electron chi connectivity index (χ4n) is 1.62. The first-order valence-corrected chi connectivity index (χ1v) is 5.78. The summed E-state index contributed by atoms with van der Waals surface area (Å²) in [6, 6.07) is 2.37.